The summed E-state index contributed by atoms with van der Waals surface area (Å²) in [5.74, 6) is 0. The number of benzene rings is 2. The van der Waals surface area contributed by atoms with E-state index in [1.165, 1.54) is 3.57 Å². The molecule has 2 aromatic carbocycles. The van der Waals surface area contributed by atoms with Crippen LogP contribution in [0, 0.1) is 3.57 Å². The van der Waals surface area contributed by atoms with Gasteiger partial charge < -0.3 is 5.73 Å². The van der Waals surface area contributed by atoms with Crippen molar-refractivity contribution >= 4 is 46.6 Å². The molecule has 90 valence electrons. The molecule has 2 rings (SSSR count). The Bertz CT molecular complexity index is 485. The molecule has 0 aliphatic heterocycles. The highest BCUT2D eigenvalue weighted by Gasteiger charge is 2.11. The molecule has 0 saturated heterocycles. The highest BCUT2D eigenvalue weighted by Crippen LogP contribution is 2.24. The summed E-state index contributed by atoms with van der Waals surface area (Å²) in [6, 6.07) is 15.7. The highest BCUT2D eigenvalue weighted by atomic mass is 127. The van der Waals surface area contributed by atoms with E-state index in [2.05, 4.69) is 34.7 Å². The third kappa shape index (κ3) is 3.58. The van der Waals surface area contributed by atoms with E-state index in [4.69, 9.17) is 17.3 Å². The van der Waals surface area contributed by atoms with E-state index in [1.54, 1.807) is 0 Å². The van der Waals surface area contributed by atoms with Crippen LogP contribution in [0.1, 0.15) is 17.2 Å². The Balaban J connectivity index is 0.00000144. The van der Waals surface area contributed by atoms with Crippen LogP contribution in [0.15, 0.2) is 48.5 Å². The third-order valence-electron chi connectivity index (χ3n) is 2.47. The first kappa shape index (κ1) is 14.8. The molecule has 0 radical (unpaired) electrons. The Morgan fingerprint density at radius 2 is 1.59 bits per heavy atom. The maximum Gasteiger partial charge on any atom is 0.0562 e. The van der Waals surface area contributed by atoms with Gasteiger partial charge in [-0.1, -0.05) is 41.9 Å². The van der Waals surface area contributed by atoms with Gasteiger partial charge in [-0.2, -0.15) is 0 Å². The van der Waals surface area contributed by atoms with Crippen LogP contribution in [0.5, 0.6) is 0 Å². The maximum atomic E-state index is 6.22. The first-order valence-electron chi connectivity index (χ1n) is 4.94. The summed E-state index contributed by atoms with van der Waals surface area (Å²) in [6.45, 7) is 0. The van der Waals surface area contributed by atoms with Crippen LogP contribution in [0.3, 0.4) is 0 Å². The normalized spacial score (nSPS) is 11.7. The van der Waals surface area contributed by atoms with Gasteiger partial charge in [0.1, 0.15) is 0 Å². The van der Waals surface area contributed by atoms with Gasteiger partial charge >= 0.3 is 0 Å². The predicted molar refractivity (Wildman–Crippen MR) is 83.9 cm³/mol. The quantitative estimate of drug-likeness (QED) is 0.768. The number of hydrogen-bond acceptors (Lipinski definition) is 1. The van der Waals surface area contributed by atoms with Gasteiger partial charge in [0.25, 0.3) is 0 Å². The van der Waals surface area contributed by atoms with Crippen molar-refractivity contribution in [2.24, 2.45) is 5.73 Å². The third-order valence-corrected chi connectivity index (χ3v) is 3.70. The molecule has 0 bridgehead atoms. The summed E-state index contributed by atoms with van der Waals surface area (Å²) in [7, 11) is 0. The molecule has 0 aromatic heterocycles. The standard InChI is InChI=1S/C13H11ClIN.ClH/c14-10-7-5-9(6-8-10)13(16)11-3-1-2-4-12(11)15;/h1-8,13H,16H2;1H. The van der Waals surface area contributed by atoms with Gasteiger partial charge in [0.2, 0.25) is 0 Å². The van der Waals surface area contributed by atoms with Gasteiger partial charge in [0.05, 0.1) is 6.04 Å². The van der Waals surface area contributed by atoms with Crippen LogP contribution in [0.25, 0.3) is 0 Å². The molecule has 0 aliphatic rings. The van der Waals surface area contributed by atoms with Crippen molar-refractivity contribution in [1.29, 1.82) is 0 Å². The fourth-order valence-electron chi connectivity index (χ4n) is 1.58. The topological polar surface area (TPSA) is 26.0 Å². The van der Waals surface area contributed by atoms with Crippen LogP contribution in [0.2, 0.25) is 5.02 Å². The Morgan fingerprint density at radius 3 is 2.18 bits per heavy atom. The highest BCUT2D eigenvalue weighted by molar-refractivity contribution is 14.1. The number of nitrogens with two attached hydrogens (primary N) is 1. The van der Waals surface area contributed by atoms with Crippen molar-refractivity contribution in [2.75, 3.05) is 0 Å². The van der Waals surface area contributed by atoms with Gasteiger partial charge in [-0.25, -0.2) is 0 Å². The summed E-state index contributed by atoms with van der Waals surface area (Å²) >= 11 is 8.15. The molecule has 1 unspecified atom stereocenters. The molecule has 1 nitrogen and oxygen atoms in total. The van der Waals surface area contributed by atoms with E-state index in [0.717, 1.165) is 16.1 Å². The van der Waals surface area contributed by atoms with Crippen molar-refractivity contribution in [3.05, 3.63) is 68.3 Å². The zero-order chi connectivity index (χ0) is 11.5. The lowest BCUT2D eigenvalue weighted by Crippen LogP contribution is -2.12. The Labute approximate surface area is 126 Å². The zero-order valence-corrected chi connectivity index (χ0v) is 12.7. The largest absolute Gasteiger partial charge is 0.320 e. The van der Waals surface area contributed by atoms with Crippen molar-refractivity contribution in [2.45, 2.75) is 6.04 Å². The Kier molecular flexibility index (Phi) is 5.73. The van der Waals surface area contributed by atoms with Gasteiger partial charge in [-0.05, 0) is 51.9 Å². The van der Waals surface area contributed by atoms with Crippen molar-refractivity contribution < 1.29 is 0 Å². The molecule has 0 saturated carbocycles. The van der Waals surface area contributed by atoms with E-state index >= 15 is 0 Å². The molecule has 17 heavy (non-hydrogen) atoms. The maximum absolute atomic E-state index is 6.22. The summed E-state index contributed by atoms with van der Waals surface area (Å²) in [5.41, 5.74) is 8.44. The average molecular weight is 380 g/mol. The molecule has 1 atom stereocenters. The number of rotatable bonds is 2. The smallest absolute Gasteiger partial charge is 0.0562 e. The summed E-state index contributed by atoms with van der Waals surface area (Å²) < 4.78 is 1.18. The van der Waals surface area contributed by atoms with Crippen LogP contribution in [-0.4, -0.2) is 0 Å². The second-order valence-electron chi connectivity index (χ2n) is 3.55. The fourth-order valence-corrected chi connectivity index (χ4v) is 2.43. The van der Waals surface area contributed by atoms with E-state index in [0.29, 0.717) is 0 Å². The molecular weight excluding hydrogens is 368 g/mol. The van der Waals surface area contributed by atoms with Crippen molar-refractivity contribution in [1.82, 2.24) is 0 Å². The van der Waals surface area contributed by atoms with Crippen LogP contribution >= 0.6 is 46.6 Å². The minimum atomic E-state index is -0.0923. The molecule has 0 heterocycles. The summed E-state index contributed by atoms with van der Waals surface area (Å²) in [6.07, 6.45) is 0. The second-order valence-corrected chi connectivity index (χ2v) is 5.15. The fraction of sp³-hybridized carbons (Fsp3) is 0.0769. The molecule has 0 fully saturated rings. The van der Waals surface area contributed by atoms with E-state index in [-0.39, 0.29) is 18.4 Å². The van der Waals surface area contributed by atoms with Gasteiger partial charge in [-0.15, -0.1) is 12.4 Å². The average Bonchev–Trinajstić information content (AvgIpc) is 2.30. The zero-order valence-electron chi connectivity index (χ0n) is 8.94. The van der Waals surface area contributed by atoms with Gasteiger partial charge in [-0.3, -0.25) is 0 Å². The van der Waals surface area contributed by atoms with Crippen LogP contribution in [0.4, 0.5) is 0 Å². The van der Waals surface area contributed by atoms with Crippen LogP contribution < -0.4 is 5.73 Å². The molecule has 0 amide bonds. The van der Waals surface area contributed by atoms with Crippen molar-refractivity contribution in [3.8, 4) is 0 Å². The van der Waals surface area contributed by atoms with E-state index in [9.17, 15) is 0 Å². The lowest BCUT2D eigenvalue weighted by Gasteiger charge is -2.14. The van der Waals surface area contributed by atoms with Crippen molar-refractivity contribution in [3.63, 3.8) is 0 Å². The Morgan fingerprint density at radius 1 is 1.00 bits per heavy atom. The number of hydrogen-bond donors (Lipinski definition) is 1. The monoisotopic (exact) mass is 379 g/mol. The SMILES string of the molecule is Cl.NC(c1ccc(Cl)cc1)c1ccccc1I. The lowest BCUT2D eigenvalue weighted by molar-refractivity contribution is 0.865. The first-order chi connectivity index (χ1) is 7.68. The second kappa shape index (κ2) is 6.59. The molecule has 2 aromatic rings. The Hall–Kier alpha value is -0.290. The molecule has 0 spiro atoms. The first-order valence-corrected chi connectivity index (χ1v) is 6.39. The van der Waals surface area contributed by atoms with Gasteiger partial charge in [0.15, 0.2) is 0 Å². The van der Waals surface area contributed by atoms with E-state index in [1.807, 2.05) is 36.4 Å². The summed E-state index contributed by atoms with van der Waals surface area (Å²) in [4.78, 5) is 0. The van der Waals surface area contributed by atoms with Crippen LogP contribution in [-0.2, 0) is 0 Å². The summed E-state index contributed by atoms with van der Waals surface area (Å²) in [5, 5.41) is 0.735. The van der Waals surface area contributed by atoms with E-state index < -0.39 is 0 Å². The predicted octanol–water partition coefficient (Wildman–Crippen LogP) is 4.41. The minimum Gasteiger partial charge on any atom is -0.320 e. The molecular formula is C13H12Cl2IN. The molecule has 2 N–H and O–H groups in total. The lowest BCUT2D eigenvalue weighted by atomic mass is 10.00. The minimum absolute atomic E-state index is 0. The molecule has 0 aliphatic carbocycles. The molecule has 4 heteroatoms. The number of halogens is 3. The van der Waals surface area contributed by atoms with Gasteiger partial charge in [0, 0.05) is 8.59 Å².